The zero-order valence-electron chi connectivity index (χ0n) is 18.4. The normalized spacial score (nSPS) is 17.0. The van der Waals surface area contributed by atoms with Gasteiger partial charge in [-0.15, -0.1) is 0 Å². The summed E-state index contributed by atoms with van der Waals surface area (Å²) in [4.78, 5) is 2.49. The Balaban J connectivity index is 0.00000216. The molecule has 4 aliphatic rings. The van der Waals surface area contributed by atoms with Gasteiger partial charge in [0.15, 0.2) is 0 Å². The molecule has 5 heteroatoms. The lowest BCUT2D eigenvalue weighted by Crippen LogP contribution is -3.00. The van der Waals surface area contributed by atoms with E-state index in [0.717, 1.165) is 59.8 Å². The highest BCUT2D eigenvalue weighted by Gasteiger charge is 2.22. The number of piperidine rings is 2. The van der Waals surface area contributed by atoms with E-state index in [4.69, 9.17) is 8.83 Å². The first-order valence-electron chi connectivity index (χ1n) is 11.7. The molecular formula is C27H29ClN2O2. The van der Waals surface area contributed by atoms with Crippen LogP contribution in [0.1, 0.15) is 38.5 Å². The van der Waals surface area contributed by atoms with Crippen molar-refractivity contribution in [1.29, 1.82) is 0 Å². The molecule has 166 valence electrons. The smallest absolute Gasteiger partial charge is 0.203 e. The molecule has 0 spiro atoms. The number of fused-ring (bicyclic) bond motifs is 2. The van der Waals surface area contributed by atoms with Gasteiger partial charge in [-0.1, -0.05) is 0 Å². The molecular weight excluding hydrogens is 420 g/mol. The van der Waals surface area contributed by atoms with Crippen LogP contribution in [0.25, 0.3) is 33.6 Å². The molecule has 2 aromatic rings. The van der Waals surface area contributed by atoms with E-state index in [0.29, 0.717) is 0 Å². The van der Waals surface area contributed by atoms with Gasteiger partial charge in [0.1, 0.15) is 30.2 Å². The molecule has 1 aliphatic carbocycles. The first kappa shape index (κ1) is 21.1. The minimum atomic E-state index is 0. The Morgan fingerprint density at radius 3 is 2.38 bits per heavy atom. The van der Waals surface area contributed by atoms with Gasteiger partial charge in [0, 0.05) is 60.3 Å². The van der Waals surface area contributed by atoms with E-state index >= 15 is 0 Å². The standard InChI is InChI=1S/C27H29N2O2.ClH/c1-3-13-28(14-4-1)20-9-11-22-25(18-20)31-26-19-21(29-15-5-2-6-16-29)10-12-23(26)27(22)24-8-7-17-30-24;/h7-12,17-19H,1-6,13-16H2;1H/q+1;/p-1. The Kier molecular flexibility index (Phi) is 5.97. The number of benzene rings is 2. The Bertz CT molecular complexity index is 1240. The van der Waals surface area contributed by atoms with Crippen LogP contribution < -0.4 is 27.2 Å². The van der Waals surface area contributed by atoms with Gasteiger partial charge in [-0.05, 0) is 56.0 Å². The lowest BCUT2D eigenvalue weighted by Gasteiger charge is -2.29. The Morgan fingerprint density at radius 2 is 1.59 bits per heavy atom. The van der Waals surface area contributed by atoms with Gasteiger partial charge in [-0.3, -0.25) is 0 Å². The van der Waals surface area contributed by atoms with Gasteiger partial charge in [-0.25, -0.2) is 4.58 Å². The van der Waals surface area contributed by atoms with Crippen molar-refractivity contribution in [2.75, 3.05) is 31.1 Å². The molecule has 2 fully saturated rings. The molecule has 3 aliphatic heterocycles. The van der Waals surface area contributed by atoms with Gasteiger partial charge < -0.3 is 26.1 Å². The summed E-state index contributed by atoms with van der Waals surface area (Å²) < 4.78 is 14.9. The third-order valence-electron chi connectivity index (χ3n) is 6.90. The topological polar surface area (TPSA) is 32.5 Å². The van der Waals surface area contributed by atoms with E-state index in [1.165, 1.54) is 49.6 Å². The molecule has 6 rings (SSSR count). The van der Waals surface area contributed by atoms with Crippen LogP contribution in [0, 0.1) is 0 Å². The number of nitrogens with zero attached hydrogens (tertiary/aromatic N) is 2. The monoisotopic (exact) mass is 448 g/mol. The second kappa shape index (κ2) is 9.03. The van der Waals surface area contributed by atoms with E-state index in [-0.39, 0.29) is 12.4 Å². The quantitative estimate of drug-likeness (QED) is 0.349. The lowest BCUT2D eigenvalue weighted by atomic mass is 9.97. The number of hydrogen-bond acceptors (Lipinski definition) is 3. The average molecular weight is 449 g/mol. The largest absolute Gasteiger partial charge is 1.00 e. The summed E-state index contributed by atoms with van der Waals surface area (Å²) in [5.74, 6) is 1.82. The molecule has 0 amide bonds. The zero-order chi connectivity index (χ0) is 20.6. The Hall–Kier alpha value is -2.72. The maximum atomic E-state index is 6.55. The molecule has 0 saturated carbocycles. The van der Waals surface area contributed by atoms with Crippen molar-refractivity contribution in [2.45, 2.75) is 38.5 Å². The summed E-state index contributed by atoms with van der Waals surface area (Å²) >= 11 is 0. The third kappa shape index (κ3) is 3.81. The molecule has 1 aromatic heterocycles. The van der Waals surface area contributed by atoms with Crippen molar-refractivity contribution in [3.8, 4) is 22.6 Å². The van der Waals surface area contributed by atoms with E-state index in [2.05, 4.69) is 45.9 Å². The summed E-state index contributed by atoms with van der Waals surface area (Å²) in [6.07, 6.45) is 9.49. The SMILES string of the molecule is [Cl-].c1coc(-c2c3ccc(=[N+]4CCCCC4)cc-3oc3cc(N4CCCCC4)ccc23)c1. The Morgan fingerprint density at radius 1 is 0.781 bits per heavy atom. The molecule has 4 nitrogen and oxygen atoms in total. The Labute approximate surface area is 194 Å². The molecule has 32 heavy (non-hydrogen) atoms. The van der Waals surface area contributed by atoms with E-state index in [1.807, 2.05) is 12.1 Å². The first-order valence-corrected chi connectivity index (χ1v) is 11.7. The number of halogens is 1. The minimum Gasteiger partial charge on any atom is -1.00 e. The van der Waals surface area contributed by atoms with Gasteiger partial charge >= 0.3 is 0 Å². The summed E-state index contributed by atoms with van der Waals surface area (Å²) in [5.41, 5.74) is 4.41. The fraction of sp³-hybridized carbons (Fsp3) is 0.370. The van der Waals surface area contributed by atoms with E-state index < -0.39 is 0 Å². The second-order valence-corrected chi connectivity index (χ2v) is 8.91. The first-order chi connectivity index (χ1) is 15.4. The van der Waals surface area contributed by atoms with E-state index in [9.17, 15) is 0 Å². The third-order valence-corrected chi connectivity index (χ3v) is 6.90. The van der Waals surface area contributed by atoms with E-state index in [1.54, 1.807) is 6.26 Å². The predicted octanol–water partition coefficient (Wildman–Crippen LogP) is 2.75. The van der Waals surface area contributed by atoms with Crippen LogP contribution in [0.15, 0.2) is 63.6 Å². The molecule has 0 unspecified atom stereocenters. The fourth-order valence-corrected chi connectivity index (χ4v) is 5.25. The number of hydrogen-bond donors (Lipinski definition) is 0. The highest BCUT2D eigenvalue weighted by atomic mass is 35.5. The van der Waals surface area contributed by atoms with Crippen molar-refractivity contribution in [3.05, 3.63) is 60.2 Å². The molecule has 0 atom stereocenters. The van der Waals surface area contributed by atoms with Crippen molar-refractivity contribution < 1.29 is 21.2 Å². The van der Waals surface area contributed by atoms with Crippen LogP contribution in [-0.2, 0) is 0 Å². The van der Waals surface area contributed by atoms with Crippen LogP contribution in [0.2, 0.25) is 0 Å². The number of rotatable bonds is 2. The van der Waals surface area contributed by atoms with Crippen LogP contribution in [0.3, 0.4) is 0 Å². The van der Waals surface area contributed by atoms with Crippen LogP contribution in [0.5, 0.6) is 0 Å². The van der Waals surface area contributed by atoms with Crippen molar-refractivity contribution in [3.63, 3.8) is 0 Å². The predicted molar refractivity (Wildman–Crippen MR) is 125 cm³/mol. The van der Waals surface area contributed by atoms with Crippen molar-refractivity contribution in [1.82, 2.24) is 4.58 Å². The average Bonchev–Trinajstić information content (AvgIpc) is 3.37. The summed E-state index contributed by atoms with van der Waals surface area (Å²) in [6, 6.07) is 17.3. The summed E-state index contributed by atoms with van der Waals surface area (Å²) in [5, 5.41) is 2.36. The highest BCUT2D eigenvalue weighted by Crippen LogP contribution is 2.41. The zero-order valence-corrected chi connectivity index (χ0v) is 19.1. The van der Waals surface area contributed by atoms with Gasteiger partial charge in [0.2, 0.25) is 5.36 Å². The van der Waals surface area contributed by atoms with Crippen molar-refractivity contribution >= 4 is 16.7 Å². The lowest BCUT2D eigenvalue weighted by molar-refractivity contribution is -0.00000704. The molecule has 0 N–H and O–H groups in total. The fourth-order valence-electron chi connectivity index (χ4n) is 5.25. The second-order valence-electron chi connectivity index (χ2n) is 8.91. The van der Waals surface area contributed by atoms with Crippen LogP contribution in [0.4, 0.5) is 5.69 Å². The molecule has 0 radical (unpaired) electrons. The summed E-state index contributed by atoms with van der Waals surface area (Å²) in [7, 11) is 0. The summed E-state index contributed by atoms with van der Waals surface area (Å²) in [6.45, 7) is 4.51. The van der Waals surface area contributed by atoms with Crippen molar-refractivity contribution in [2.24, 2.45) is 0 Å². The van der Waals surface area contributed by atoms with Gasteiger partial charge in [-0.2, -0.15) is 0 Å². The molecule has 1 aromatic carbocycles. The van der Waals surface area contributed by atoms with Crippen LogP contribution >= 0.6 is 0 Å². The molecule has 0 bridgehead atoms. The maximum Gasteiger partial charge on any atom is 0.203 e. The molecule has 4 heterocycles. The minimum absolute atomic E-state index is 0. The van der Waals surface area contributed by atoms with Gasteiger partial charge in [0.25, 0.3) is 0 Å². The van der Waals surface area contributed by atoms with Gasteiger partial charge in [0.05, 0.1) is 12.3 Å². The molecule has 2 saturated heterocycles. The number of anilines is 1. The number of furan rings is 1. The maximum absolute atomic E-state index is 6.55. The van der Waals surface area contributed by atoms with Crippen LogP contribution in [-0.4, -0.2) is 26.2 Å². The highest BCUT2D eigenvalue weighted by molar-refractivity contribution is 6.01.